The van der Waals surface area contributed by atoms with Crippen molar-refractivity contribution in [1.29, 1.82) is 5.41 Å². The molecule has 0 bridgehead atoms. The summed E-state index contributed by atoms with van der Waals surface area (Å²) in [7, 11) is 0. The molecule has 2 aromatic carbocycles. The van der Waals surface area contributed by atoms with E-state index in [-0.39, 0.29) is 12.5 Å². The van der Waals surface area contributed by atoms with Crippen molar-refractivity contribution in [3.8, 4) is 0 Å². The van der Waals surface area contributed by atoms with Gasteiger partial charge in [-0.2, -0.15) is 0 Å². The predicted molar refractivity (Wildman–Crippen MR) is 105 cm³/mol. The third-order valence-corrected chi connectivity index (χ3v) is 5.04. The molecular formula is C21H25N3O2. The molecule has 0 aromatic heterocycles. The number of guanidine groups is 1. The minimum Gasteiger partial charge on any atom is -0.481 e. The van der Waals surface area contributed by atoms with Gasteiger partial charge in [-0.15, -0.1) is 0 Å². The van der Waals surface area contributed by atoms with Crippen LogP contribution in [0.2, 0.25) is 0 Å². The van der Waals surface area contributed by atoms with Crippen LogP contribution in [0.5, 0.6) is 0 Å². The van der Waals surface area contributed by atoms with E-state index in [1.54, 1.807) is 0 Å². The van der Waals surface area contributed by atoms with E-state index in [1.807, 2.05) is 73.9 Å². The van der Waals surface area contributed by atoms with Crippen LogP contribution in [0.1, 0.15) is 28.7 Å². The SMILES string of the molecule is Cc1cccc(C)c1N1CC(CC(=O)O)N(c2c(C)cccc2C)C1=N. The normalized spacial score (nSPS) is 17.1. The van der Waals surface area contributed by atoms with E-state index < -0.39 is 5.97 Å². The van der Waals surface area contributed by atoms with Crippen molar-refractivity contribution < 1.29 is 9.90 Å². The van der Waals surface area contributed by atoms with Crippen molar-refractivity contribution in [1.82, 2.24) is 0 Å². The number of para-hydroxylation sites is 2. The van der Waals surface area contributed by atoms with Crippen molar-refractivity contribution in [2.45, 2.75) is 40.2 Å². The van der Waals surface area contributed by atoms with E-state index in [9.17, 15) is 9.90 Å². The van der Waals surface area contributed by atoms with Gasteiger partial charge < -0.3 is 14.9 Å². The van der Waals surface area contributed by atoms with Crippen molar-refractivity contribution in [3.05, 3.63) is 58.7 Å². The number of hydrogen-bond donors (Lipinski definition) is 2. The lowest BCUT2D eigenvalue weighted by molar-refractivity contribution is -0.137. The van der Waals surface area contributed by atoms with Crippen molar-refractivity contribution in [2.24, 2.45) is 0 Å². The molecule has 26 heavy (non-hydrogen) atoms. The standard InChI is InChI=1S/C21H25N3O2/c1-13-7-5-8-14(2)19(13)23-12-17(11-18(25)26)24(21(23)22)20-15(3)9-6-10-16(20)4/h5-10,17,22H,11-12H2,1-4H3,(H,25,26). The highest BCUT2D eigenvalue weighted by molar-refractivity contribution is 6.10. The second-order valence-electron chi connectivity index (χ2n) is 7.04. The van der Waals surface area contributed by atoms with Crippen molar-refractivity contribution in [3.63, 3.8) is 0 Å². The number of carbonyl (C=O) groups is 1. The van der Waals surface area contributed by atoms with Gasteiger partial charge in [0.05, 0.1) is 12.5 Å². The molecule has 1 saturated heterocycles. The maximum absolute atomic E-state index is 11.5. The first-order chi connectivity index (χ1) is 12.3. The summed E-state index contributed by atoms with van der Waals surface area (Å²) in [6.07, 6.45) is -0.00240. The summed E-state index contributed by atoms with van der Waals surface area (Å²) in [6.45, 7) is 8.57. The Labute approximate surface area is 154 Å². The topological polar surface area (TPSA) is 67.6 Å². The molecule has 0 aliphatic carbocycles. The molecule has 0 spiro atoms. The Balaban J connectivity index is 2.11. The van der Waals surface area contributed by atoms with E-state index >= 15 is 0 Å². The summed E-state index contributed by atoms with van der Waals surface area (Å²) in [5.74, 6) is -0.506. The number of benzene rings is 2. The van der Waals surface area contributed by atoms with Gasteiger partial charge in [0.15, 0.2) is 0 Å². The maximum atomic E-state index is 11.5. The highest BCUT2D eigenvalue weighted by Crippen LogP contribution is 2.36. The molecule has 1 atom stereocenters. The molecule has 1 unspecified atom stereocenters. The Hall–Kier alpha value is -2.82. The fraction of sp³-hybridized carbons (Fsp3) is 0.333. The zero-order valence-corrected chi connectivity index (χ0v) is 15.7. The molecule has 2 N–H and O–H groups in total. The number of nitrogens with zero attached hydrogens (tertiary/aromatic N) is 2. The van der Waals surface area contributed by atoms with E-state index in [1.165, 1.54) is 0 Å². The lowest BCUT2D eigenvalue weighted by Crippen LogP contribution is -2.38. The summed E-state index contributed by atoms with van der Waals surface area (Å²) in [4.78, 5) is 15.3. The molecule has 136 valence electrons. The number of aliphatic carboxylic acids is 1. The molecule has 1 fully saturated rings. The molecule has 1 aliphatic heterocycles. The van der Waals surface area contributed by atoms with Gasteiger partial charge in [0, 0.05) is 17.9 Å². The Bertz CT molecular complexity index is 835. The Morgan fingerprint density at radius 3 is 1.92 bits per heavy atom. The molecule has 3 rings (SSSR count). The average molecular weight is 351 g/mol. The fourth-order valence-electron chi connectivity index (χ4n) is 3.94. The summed E-state index contributed by atoms with van der Waals surface area (Å²) in [6, 6.07) is 11.8. The van der Waals surface area contributed by atoms with Crippen LogP contribution in [0, 0.1) is 33.1 Å². The van der Waals surface area contributed by atoms with E-state index in [0.29, 0.717) is 12.5 Å². The van der Waals surface area contributed by atoms with Crippen LogP contribution < -0.4 is 9.80 Å². The molecule has 0 saturated carbocycles. The van der Waals surface area contributed by atoms with Crippen LogP contribution in [-0.4, -0.2) is 29.6 Å². The van der Waals surface area contributed by atoms with E-state index in [4.69, 9.17) is 5.41 Å². The third-order valence-electron chi connectivity index (χ3n) is 5.04. The molecule has 5 nitrogen and oxygen atoms in total. The van der Waals surface area contributed by atoms with Crippen LogP contribution in [0.25, 0.3) is 0 Å². The highest BCUT2D eigenvalue weighted by atomic mass is 16.4. The summed E-state index contributed by atoms with van der Waals surface area (Å²) in [5.41, 5.74) is 6.22. The number of carboxylic acid groups (broad SMARTS) is 1. The second kappa shape index (κ2) is 6.83. The summed E-state index contributed by atoms with van der Waals surface area (Å²) in [5, 5.41) is 18.3. The zero-order chi connectivity index (χ0) is 19.0. The van der Waals surface area contributed by atoms with Crippen LogP contribution in [0.4, 0.5) is 11.4 Å². The first-order valence-electron chi connectivity index (χ1n) is 8.80. The minimum absolute atomic E-state index is 0.00240. The van der Waals surface area contributed by atoms with Crippen LogP contribution in [0.3, 0.4) is 0 Å². The number of nitrogens with one attached hydrogen (secondary N) is 1. The lowest BCUT2D eigenvalue weighted by Gasteiger charge is -2.28. The monoisotopic (exact) mass is 351 g/mol. The number of anilines is 2. The molecule has 0 radical (unpaired) electrons. The molecule has 2 aromatic rings. The number of rotatable bonds is 4. The summed E-state index contributed by atoms with van der Waals surface area (Å²) >= 11 is 0. The second-order valence-corrected chi connectivity index (χ2v) is 7.04. The zero-order valence-electron chi connectivity index (χ0n) is 15.7. The Morgan fingerprint density at radius 2 is 1.46 bits per heavy atom. The van der Waals surface area contributed by atoms with Gasteiger partial charge in [-0.1, -0.05) is 36.4 Å². The largest absolute Gasteiger partial charge is 0.481 e. The lowest BCUT2D eigenvalue weighted by atomic mass is 10.1. The molecule has 5 heteroatoms. The molecule has 0 amide bonds. The van der Waals surface area contributed by atoms with Crippen molar-refractivity contribution in [2.75, 3.05) is 16.3 Å². The minimum atomic E-state index is -0.845. The molecule has 1 aliphatic rings. The first kappa shape index (κ1) is 18.0. The third kappa shape index (κ3) is 3.05. The van der Waals surface area contributed by atoms with Gasteiger partial charge in [-0.05, 0) is 49.9 Å². The highest BCUT2D eigenvalue weighted by Gasteiger charge is 2.39. The van der Waals surface area contributed by atoms with Gasteiger partial charge in [-0.3, -0.25) is 10.2 Å². The van der Waals surface area contributed by atoms with Crippen LogP contribution >= 0.6 is 0 Å². The predicted octanol–water partition coefficient (Wildman–Crippen LogP) is 4.02. The quantitative estimate of drug-likeness (QED) is 0.873. The number of hydrogen-bond acceptors (Lipinski definition) is 2. The Morgan fingerprint density at radius 1 is 1.00 bits per heavy atom. The van der Waals surface area contributed by atoms with Crippen molar-refractivity contribution >= 4 is 23.3 Å². The first-order valence-corrected chi connectivity index (χ1v) is 8.80. The van der Waals surface area contributed by atoms with E-state index in [2.05, 4.69) is 0 Å². The van der Waals surface area contributed by atoms with Gasteiger partial charge in [-0.25, -0.2) is 0 Å². The van der Waals surface area contributed by atoms with Crippen LogP contribution in [-0.2, 0) is 4.79 Å². The molecular weight excluding hydrogens is 326 g/mol. The maximum Gasteiger partial charge on any atom is 0.305 e. The number of carboxylic acids is 1. The van der Waals surface area contributed by atoms with Gasteiger partial charge in [0.2, 0.25) is 5.96 Å². The van der Waals surface area contributed by atoms with Gasteiger partial charge in [0.1, 0.15) is 0 Å². The van der Waals surface area contributed by atoms with Crippen LogP contribution in [0.15, 0.2) is 36.4 Å². The smallest absolute Gasteiger partial charge is 0.305 e. The van der Waals surface area contributed by atoms with E-state index in [0.717, 1.165) is 33.6 Å². The Kier molecular flexibility index (Phi) is 4.72. The van der Waals surface area contributed by atoms with Gasteiger partial charge >= 0.3 is 5.97 Å². The number of aryl methyl sites for hydroxylation is 4. The fourth-order valence-corrected chi connectivity index (χ4v) is 3.94. The van der Waals surface area contributed by atoms with Gasteiger partial charge in [0.25, 0.3) is 0 Å². The molecule has 1 heterocycles. The summed E-state index contributed by atoms with van der Waals surface area (Å²) < 4.78 is 0. The average Bonchev–Trinajstić information content (AvgIpc) is 2.84.